The molecule has 19 heavy (non-hydrogen) atoms. The van der Waals surface area contributed by atoms with Crippen LogP contribution in [0.3, 0.4) is 0 Å². The Balaban J connectivity index is 1.74. The predicted molar refractivity (Wildman–Crippen MR) is 82.7 cm³/mol. The van der Waals surface area contributed by atoms with E-state index in [1.807, 2.05) is 0 Å². The van der Waals surface area contributed by atoms with E-state index in [9.17, 15) is 0 Å². The van der Waals surface area contributed by atoms with E-state index in [2.05, 4.69) is 66.5 Å². The van der Waals surface area contributed by atoms with Crippen molar-refractivity contribution in [2.24, 2.45) is 0 Å². The van der Waals surface area contributed by atoms with E-state index in [1.54, 1.807) is 0 Å². The molecule has 0 radical (unpaired) electrons. The van der Waals surface area contributed by atoms with Gasteiger partial charge >= 0.3 is 0 Å². The van der Waals surface area contributed by atoms with Gasteiger partial charge in [0.05, 0.1) is 0 Å². The summed E-state index contributed by atoms with van der Waals surface area (Å²) in [4.78, 5) is 4.97. The van der Waals surface area contributed by atoms with Crippen LogP contribution in [0.5, 0.6) is 0 Å². The molecule has 1 heterocycles. The molecule has 0 aliphatic carbocycles. The van der Waals surface area contributed by atoms with E-state index in [-0.39, 0.29) is 0 Å². The molecular formula is C16H27N3. The second-order valence-corrected chi connectivity index (χ2v) is 5.83. The Morgan fingerprint density at radius 3 is 2.42 bits per heavy atom. The summed E-state index contributed by atoms with van der Waals surface area (Å²) in [6, 6.07) is 11.8. The molecule has 1 saturated heterocycles. The van der Waals surface area contributed by atoms with Gasteiger partial charge in [-0.3, -0.25) is 4.90 Å². The Morgan fingerprint density at radius 2 is 1.84 bits per heavy atom. The molecule has 3 nitrogen and oxygen atoms in total. The van der Waals surface area contributed by atoms with Crippen LogP contribution < -0.4 is 5.32 Å². The normalized spacial score (nSPS) is 19.6. The molecule has 1 atom stereocenters. The number of piperidine rings is 1. The fourth-order valence-electron chi connectivity index (χ4n) is 2.79. The molecule has 106 valence electrons. The second-order valence-electron chi connectivity index (χ2n) is 5.83. The summed E-state index contributed by atoms with van der Waals surface area (Å²) in [7, 11) is 4.39. The van der Waals surface area contributed by atoms with Crippen molar-refractivity contribution in [2.75, 3.05) is 39.0 Å². The van der Waals surface area contributed by atoms with Crippen molar-refractivity contribution in [1.29, 1.82) is 0 Å². The van der Waals surface area contributed by atoms with Gasteiger partial charge in [0.1, 0.15) is 0 Å². The second kappa shape index (κ2) is 6.92. The minimum absolute atomic E-state index is 0.600. The third-order valence-electron chi connectivity index (χ3n) is 4.23. The summed E-state index contributed by atoms with van der Waals surface area (Å²) in [5.41, 5.74) is 1.22. The lowest BCUT2D eigenvalue weighted by molar-refractivity contribution is 0.119. The molecule has 0 bridgehead atoms. The van der Waals surface area contributed by atoms with Crippen LogP contribution in [0.2, 0.25) is 0 Å². The number of anilines is 1. The third-order valence-corrected chi connectivity index (χ3v) is 4.23. The number of nitrogens with zero attached hydrogens (tertiary/aromatic N) is 2. The maximum atomic E-state index is 3.52. The van der Waals surface area contributed by atoms with E-state index < -0.39 is 0 Å². The lowest BCUT2D eigenvalue weighted by Gasteiger charge is -2.38. The minimum atomic E-state index is 0.600. The highest BCUT2D eigenvalue weighted by atomic mass is 15.2. The molecule has 1 aliphatic rings. The average Bonchev–Trinajstić information content (AvgIpc) is 2.46. The highest BCUT2D eigenvalue weighted by Crippen LogP contribution is 2.16. The Kier molecular flexibility index (Phi) is 5.23. The summed E-state index contributed by atoms with van der Waals surface area (Å²) in [5.74, 6) is 0. The number of nitrogens with one attached hydrogen (secondary N) is 1. The maximum Gasteiger partial charge on any atom is 0.0340 e. The highest BCUT2D eigenvalue weighted by molar-refractivity contribution is 5.42. The van der Waals surface area contributed by atoms with Crippen molar-refractivity contribution in [2.45, 2.75) is 31.8 Å². The number of para-hydroxylation sites is 1. The first-order valence-corrected chi connectivity index (χ1v) is 7.36. The zero-order valence-corrected chi connectivity index (χ0v) is 12.5. The number of benzene rings is 1. The van der Waals surface area contributed by atoms with Gasteiger partial charge in [-0.1, -0.05) is 18.2 Å². The summed E-state index contributed by atoms with van der Waals surface area (Å²) >= 11 is 0. The molecule has 0 spiro atoms. The zero-order valence-electron chi connectivity index (χ0n) is 12.5. The van der Waals surface area contributed by atoms with Crippen LogP contribution in [0, 0.1) is 0 Å². The molecule has 1 aliphatic heterocycles. The molecular weight excluding hydrogens is 234 g/mol. The number of likely N-dealkylation sites (tertiary alicyclic amines) is 1. The molecule has 0 amide bonds. The maximum absolute atomic E-state index is 3.52. The van der Waals surface area contributed by atoms with E-state index in [4.69, 9.17) is 0 Å². The first-order valence-electron chi connectivity index (χ1n) is 7.36. The van der Waals surface area contributed by atoms with Gasteiger partial charge in [-0.2, -0.15) is 0 Å². The van der Waals surface area contributed by atoms with Crippen molar-refractivity contribution in [3.05, 3.63) is 30.3 Å². The Morgan fingerprint density at radius 1 is 1.21 bits per heavy atom. The van der Waals surface area contributed by atoms with E-state index in [0.717, 1.165) is 12.6 Å². The SMILES string of the molecule is CC(CNc1ccccc1)N1CCC(N(C)C)CC1. The number of rotatable bonds is 5. The molecule has 1 N–H and O–H groups in total. The fourth-order valence-corrected chi connectivity index (χ4v) is 2.79. The fraction of sp³-hybridized carbons (Fsp3) is 0.625. The zero-order chi connectivity index (χ0) is 13.7. The molecule has 2 rings (SSSR count). The standard InChI is InChI=1S/C16H27N3/c1-14(13-17-15-7-5-4-6-8-15)19-11-9-16(10-12-19)18(2)3/h4-8,14,16-17H,9-13H2,1-3H3. The lowest BCUT2D eigenvalue weighted by Crippen LogP contribution is -2.47. The van der Waals surface area contributed by atoms with Gasteiger partial charge in [-0.05, 0) is 59.1 Å². The van der Waals surface area contributed by atoms with Crippen molar-refractivity contribution in [3.63, 3.8) is 0 Å². The lowest BCUT2D eigenvalue weighted by atomic mass is 10.0. The smallest absolute Gasteiger partial charge is 0.0340 e. The van der Waals surface area contributed by atoms with Crippen LogP contribution >= 0.6 is 0 Å². The van der Waals surface area contributed by atoms with E-state index in [1.165, 1.54) is 31.6 Å². The number of hydrogen-bond acceptors (Lipinski definition) is 3. The van der Waals surface area contributed by atoms with Gasteiger partial charge in [0.15, 0.2) is 0 Å². The predicted octanol–water partition coefficient (Wildman–Crippen LogP) is 2.51. The topological polar surface area (TPSA) is 18.5 Å². The molecule has 0 saturated carbocycles. The first-order chi connectivity index (χ1) is 9.16. The number of hydrogen-bond donors (Lipinski definition) is 1. The van der Waals surface area contributed by atoms with Crippen LogP contribution in [-0.2, 0) is 0 Å². The molecule has 1 unspecified atom stereocenters. The Labute approximate surface area is 117 Å². The van der Waals surface area contributed by atoms with E-state index in [0.29, 0.717) is 6.04 Å². The van der Waals surface area contributed by atoms with Crippen molar-refractivity contribution in [1.82, 2.24) is 9.80 Å². The molecule has 1 aromatic rings. The van der Waals surface area contributed by atoms with Gasteiger partial charge in [0.2, 0.25) is 0 Å². The van der Waals surface area contributed by atoms with Crippen molar-refractivity contribution >= 4 is 5.69 Å². The molecule has 0 aromatic heterocycles. The van der Waals surface area contributed by atoms with Gasteiger partial charge in [0, 0.05) is 24.3 Å². The van der Waals surface area contributed by atoms with Crippen LogP contribution in [0.15, 0.2) is 30.3 Å². The summed E-state index contributed by atoms with van der Waals surface area (Å²) in [6.07, 6.45) is 2.59. The monoisotopic (exact) mass is 261 g/mol. The first kappa shape index (κ1) is 14.4. The van der Waals surface area contributed by atoms with Crippen LogP contribution in [-0.4, -0.2) is 55.6 Å². The van der Waals surface area contributed by atoms with Gasteiger partial charge in [-0.25, -0.2) is 0 Å². The average molecular weight is 261 g/mol. The van der Waals surface area contributed by atoms with E-state index >= 15 is 0 Å². The van der Waals surface area contributed by atoms with Crippen LogP contribution in [0.1, 0.15) is 19.8 Å². The quantitative estimate of drug-likeness (QED) is 0.878. The summed E-state index contributed by atoms with van der Waals surface area (Å²) in [5, 5.41) is 3.52. The van der Waals surface area contributed by atoms with Gasteiger partial charge in [-0.15, -0.1) is 0 Å². The van der Waals surface area contributed by atoms with Crippen LogP contribution in [0.4, 0.5) is 5.69 Å². The summed E-state index contributed by atoms with van der Waals surface area (Å²) in [6.45, 7) is 5.80. The minimum Gasteiger partial charge on any atom is -0.383 e. The molecule has 3 heteroatoms. The summed E-state index contributed by atoms with van der Waals surface area (Å²) < 4.78 is 0. The third kappa shape index (κ3) is 4.22. The highest BCUT2D eigenvalue weighted by Gasteiger charge is 2.23. The van der Waals surface area contributed by atoms with Gasteiger partial charge < -0.3 is 10.2 Å². The Bertz CT molecular complexity index is 356. The molecule has 1 aromatic carbocycles. The van der Waals surface area contributed by atoms with Gasteiger partial charge in [0.25, 0.3) is 0 Å². The van der Waals surface area contributed by atoms with Crippen molar-refractivity contribution in [3.8, 4) is 0 Å². The van der Waals surface area contributed by atoms with Crippen LogP contribution in [0.25, 0.3) is 0 Å². The Hall–Kier alpha value is -1.06. The van der Waals surface area contributed by atoms with Crippen molar-refractivity contribution < 1.29 is 0 Å². The largest absolute Gasteiger partial charge is 0.383 e. The molecule has 1 fully saturated rings.